The van der Waals surface area contributed by atoms with E-state index in [0.717, 1.165) is 27.7 Å². The fourth-order valence-electron chi connectivity index (χ4n) is 1.30. The normalized spacial score (nSPS) is 10.5. The average Bonchev–Trinajstić information content (AvgIpc) is 2.68. The lowest BCUT2D eigenvalue weighted by molar-refractivity contribution is 0.913. The molecule has 0 saturated carbocycles. The summed E-state index contributed by atoms with van der Waals surface area (Å²) >= 11 is 1.58. The smallest absolute Gasteiger partial charge is 0.149 e. The monoisotopic (exact) mass is 220 g/mol. The number of nitrogens with zero attached hydrogens (tertiary/aromatic N) is 3. The number of aromatic nitrogens is 3. The number of rotatable bonds is 3. The standard InChI is InChI=1S/C10H12N4S/c1-7-8(3-2-6-12-7)10-14-13-9(15-10)4-5-11/h2-3,6H,4-5,11H2,1H3. The highest BCUT2D eigenvalue weighted by Crippen LogP contribution is 2.25. The van der Waals surface area contributed by atoms with E-state index >= 15 is 0 Å². The maximum absolute atomic E-state index is 5.46. The van der Waals surface area contributed by atoms with Crippen LogP contribution in [-0.2, 0) is 6.42 Å². The molecule has 0 amide bonds. The lowest BCUT2D eigenvalue weighted by atomic mass is 10.2. The molecule has 0 bridgehead atoms. The summed E-state index contributed by atoms with van der Waals surface area (Å²) < 4.78 is 0. The first-order valence-electron chi connectivity index (χ1n) is 4.75. The number of hydrogen-bond donors (Lipinski definition) is 1. The molecule has 15 heavy (non-hydrogen) atoms. The number of aryl methyl sites for hydroxylation is 1. The summed E-state index contributed by atoms with van der Waals surface area (Å²) in [6.45, 7) is 2.58. The second-order valence-electron chi connectivity index (χ2n) is 3.18. The van der Waals surface area contributed by atoms with Gasteiger partial charge in [0.1, 0.15) is 10.0 Å². The molecule has 0 spiro atoms. The van der Waals surface area contributed by atoms with Crippen LogP contribution in [0.4, 0.5) is 0 Å². The molecule has 0 aromatic carbocycles. The van der Waals surface area contributed by atoms with Crippen LogP contribution in [0.2, 0.25) is 0 Å². The Bertz CT molecular complexity index is 452. The Balaban J connectivity index is 2.33. The number of nitrogens with two attached hydrogens (primary N) is 1. The Morgan fingerprint density at radius 2 is 2.27 bits per heavy atom. The zero-order valence-corrected chi connectivity index (χ0v) is 9.29. The quantitative estimate of drug-likeness (QED) is 0.849. The summed E-state index contributed by atoms with van der Waals surface area (Å²) in [6, 6.07) is 3.92. The molecule has 0 aliphatic carbocycles. The maximum atomic E-state index is 5.46. The molecular formula is C10H12N4S. The summed E-state index contributed by atoms with van der Waals surface area (Å²) in [5, 5.41) is 10.1. The van der Waals surface area contributed by atoms with Crippen molar-refractivity contribution >= 4 is 11.3 Å². The van der Waals surface area contributed by atoms with Crippen LogP contribution in [0.3, 0.4) is 0 Å². The summed E-state index contributed by atoms with van der Waals surface area (Å²) in [4.78, 5) is 4.22. The summed E-state index contributed by atoms with van der Waals surface area (Å²) in [5.74, 6) is 0. The molecule has 0 saturated heterocycles. The van der Waals surface area contributed by atoms with Crippen LogP contribution in [0, 0.1) is 6.92 Å². The van der Waals surface area contributed by atoms with E-state index in [9.17, 15) is 0 Å². The fourth-order valence-corrected chi connectivity index (χ4v) is 2.23. The molecule has 0 aliphatic heterocycles. The van der Waals surface area contributed by atoms with E-state index in [2.05, 4.69) is 15.2 Å². The molecule has 0 radical (unpaired) electrons. The van der Waals surface area contributed by atoms with Crippen LogP contribution in [0.25, 0.3) is 10.6 Å². The van der Waals surface area contributed by atoms with Crippen LogP contribution < -0.4 is 5.73 Å². The van der Waals surface area contributed by atoms with Crippen molar-refractivity contribution in [3.05, 3.63) is 29.0 Å². The Morgan fingerprint density at radius 1 is 1.40 bits per heavy atom. The third-order valence-electron chi connectivity index (χ3n) is 2.06. The molecular weight excluding hydrogens is 208 g/mol. The summed E-state index contributed by atoms with van der Waals surface area (Å²) in [7, 11) is 0. The Hall–Kier alpha value is -1.33. The van der Waals surface area contributed by atoms with E-state index in [1.807, 2.05) is 19.1 Å². The molecule has 5 heteroatoms. The van der Waals surface area contributed by atoms with Crippen molar-refractivity contribution in [2.45, 2.75) is 13.3 Å². The molecule has 2 heterocycles. The van der Waals surface area contributed by atoms with Crippen molar-refractivity contribution < 1.29 is 0 Å². The highest BCUT2D eigenvalue weighted by Gasteiger charge is 2.08. The molecule has 2 N–H and O–H groups in total. The minimum absolute atomic E-state index is 0.612. The fraction of sp³-hybridized carbons (Fsp3) is 0.300. The van der Waals surface area contributed by atoms with Crippen LogP contribution >= 0.6 is 11.3 Å². The van der Waals surface area contributed by atoms with Gasteiger partial charge in [-0.3, -0.25) is 4.98 Å². The van der Waals surface area contributed by atoms with Gasteiger partial charge in [0.25, 0.3) is 0 Å². The first kappa shape index (κ1) is 10.2. The van der Waals surface area contributed by atoms with Crippen molar-refractivity contribution in [1.82, 2.24) is 15.2 Å². The topological polar surface area (TPSA) is 64.7 Å². The SMILES string of the molecule is Cc1ncccc1-c1nnc(CCN)s1. The van der Waals surface area contributed by atoms with Gasteiger partial charge in [-0.15, -0.1) is 10.2 Å². The number of hydrogen-bond acceptors (Lipinski definition) is 5. The van der Waals surface area contributed by atoms with Crippen LogP contribution in [0.5, 0.6) is 0 Å². The number of pyridine rings is 1. The largest absolute Gasteiger partial charge is 0.330 e. The van der Waals surface area contributed by atoms with Gasteiger partial charge in [-0.1, -0.05) is 11.3 Å². The van der Waals surface area contributed by atoms with Crippen molar-refractivity contribution in [2.24, 2.45) is 5.73 Å². The van der Waals surface area contributed by atoms with Crippen molar-refractivity contribution in [3.8, 4) is 10.6 Å². The first-order chi connectivity index (χ1) is 7.31. The zero-order valence-electron chi connectivity index (χ0n) is 8.47. The van der Waals surface area contributed by atoms with Crippen LogP contribution in [-0.4, -0.2) is 21.7 Å². The predicted molar refractivity (Wildman–Crippen MR) is 60.6 cm³/mol. The highest BCUT2D eigenvalue weighted by atomic mass is 32.1. The van der Waals surface area contributed by atoms with E-state index in [4.69, 9.17) is 5.73 Å². The van der Waals surface area contributed by atoms with Crippen molar-refractivity contribution in [1.29, 1.82) is 0 Å². The molecule has 78 valence electrons. The van der Waals surface area contributed by atoms with Gasteiger partial charge in [0.15, 0.2) is 0 Å². The molecule has 0 fully saturated rings. The van der Waals surface area contributed by atoms with Gasteiger partial charge >= 0.3 is 0 Å². The van der Waals surface area contributed by atoms with Gasteiger partial charge in [0.2, 0.25) is 0 Å². The average molecular weight is 220 g/mol. The van der Waals surface area contributed by atoms with E-state index in [0.29, 0.717) is 6.54 Å². The maximum Gasteiger partial charge on any atom is 0.149 e. The van der Waals surface area contributed by atoms with E-state index in [-0.39, 0.29) is 0 Å². The minimum Gasteiger partial charge on any atom is -0.330 e. The predicted octanol–water partition coefficient (Wildman–Crippen LogP) is 1.41. The molecule has 2 aromatic rings. The summed E-state index contributed by atoms with van der Waals surface area (Å²) in [5.41, 5.74) is 7.50. The van der Waals surface area contributed by atoms with Gasteiger partial charge in [0.05, 0.1) is 0 Å². The molecule has 4 nitrogen and oxygen atoms in total. The van der Waals surface area contributed by atoms with E-state index in [1.54, 1.807) is 17.5 Å². The van der Waals surface area contributed by atoms with Gasteiger partial charge in [-0.2, -0.15) is 0 Å². The molecule has 2 rings (SSSR count). The lowest BCUT2D eigenvalue weighted by Gasteiger charge is -1.97. The third kappa shape index (κ3) is 2.19. The van der Waals surface area contributed by atoms with Crippen LogP contribution in [0.1, 0.15) is 10.7 Å². The Kier molecular flexibility index (Phi) is 3.03. The molecule has 0 atom stereocenters. The molecule has 0 aliphatic rings. The first-order valence-corrected chi connectivity index (χ1v) is 5.57. The van der Waals surface area contributed by atoms with Gasteiger partial charge < -0.3 is 5.73 Å². The van der Waals surface area contributed by atoms with E-state index in [1.165, 1.54) is 0 Å². The second kappa shape index (κ2) is 4.46. The van der Waals surface area contributed by atoms with Gasteiger partial charge in [-0.05, 0) is 25.6 Å². The zero-order chi connectivity index (χ0) is 10.7. The highest BCUT2D eigenvalue weighted by molar-refractivity contribution is 7.14. The molecule has 0 unspecified atom stereocenters. The second-order valence-corrected chi connectivity index (χ2v) is 4.24. The summed E-state index contributed by atoms with van der Waals surface area (Å²) in [6.07, 6.45) is 2.57. The lowest BCUT2D eigenvalue weighted by Crippen LogP contribution is -2.01. The van der Waals surface area contributed by atoms with Crippen LogP contribution in [0.15, 0.2) is 18.3 Å². The molecule has 2 aromatic heterocycles. The third-order valence-corrected chi connectivity index (χ3v) is 3.08. The van der Waals surface area contributed by atoms with Gasteiger partial charge in [-0.25, -0.2) is 0 Å². The Morgan fingerprint density at radius 3 is 3.00 bits per heavy atom. The van der Waals surface area contributed by atoms with E-state index < -0.39 is 0 Å². The minimum atomic E-state index is 0.612. The van der Waals surface area contributed by atoms with Gasteiger partial charge in [0, 0.05) is 23.9 Å². The van der Waals surface area contributed by atoms with Crippen molar-refractivity contribution in [3.63, 3.8) is 0 Å². The Labute approximate surface area is 92.2 Å². The van der Waals surface area contributed by atoms with Crippen molar-refractivity contribution in [2.75, 3.05) is 6.54 Å².